The van der Waals surface area contributed by atoms with Crippen LogP contribution in [0.4, 0.5) is 8.78 Å². The summed E-state index contributed by atoms with van der Waals surface area (Å²) in [6.07, 6.45) is 3.19. The number of ketones is 1. The van der Waals surface area contributed by atoms with E-state index in [1.807, 2.05) is 30.3 Å². The zero-order chi connectivity index (χ0) is 24.1. The van der Waals surface area contributed by atoms with Crippen LogP contribution in [0.15, 0.2) is 91.0 Å². The maximum atomic E-state index is 13.6. The summed E-state index contributed by atoms with van der Waals surface area (Å²) in [5, 5.41) is 0. The molecule has 0 heterocycles. The summed E-state index contributed by atoms with van der Waals surface area (Å²) in [5.74, 6) is 0.103. The lowest BCUT2D eigenvalue weighted by atomic mass is 9.91. The van der Waals surface area contributed by atoms with Crippen LogP contribution in [0.1, 0.15) is 15.9 Å². The third-order valence-electron chi connectivity index (χ3n) is 5.44. The Morgan fingerprint density at radius 1 is 0.706 bits per heavy atom. The quantitative estimate of drug-likeness (QED) is 0.218. The van der Waals surface area contributed by atoms with Crippen LogP contribution in [0.25, 0.3) is 28.3 Å². The Kier molecular flexibility index (Phi) is 6.83. The molecule has 0 bridgehead atoms. The molecule has 0 aliphatic carbocycles. The molecule has 0 saturated carbocycles. The highest BCUT2D eigenvalue weighted by molar-refractivity contribution is 6.13. The molecule has 0 aromatic heterocycles. The van der Waals surface area contributed by atoms with Gasteiger partial charge in [-0.2, -0.15) is 0 Å². The minimum Gasteiger partial charge on any atom is -0.497 e. The zero-order valence-corrected chi connectivity index (χ0v) is 18.7. The van der Waals surface area contributed by atoms with E-state index in [1.165, 1.54) is 37.5 Å². The van der Waals surface area contributed by atoms with E-state index in [1.54, 1.807) is 43.5 Å². The number of carbonyl (C=O) groups is 1. The van der Waals surface area contributed by atoms with Crippen LogP contribution in [0, 0.1) is 11.6 Å². The Morgan fingerprint density at radius 3 is 1.85 bits per heavy atom. The third-order valence-corrected chi connectivity index (χ3v) is 5.44. The molecule has 0 spiro atoms. The number of rotatable bonds is 7. The summed E-state index contributed by atoms with van der Waals surface area (Å²) in [7, 11) is 3.08. The largest absolute Gasteiger partial charge is 0.497 e. The first kappa shape index (κ1) is 22.9. The van der Waals surface area contributed by atoms with Gasteiger partial charge in [0.05, 0.1) is 19.8 Å². The normalized spacial score (nSPS) is 10.9. The summed E-state index contributed by atoms with van der Waals surface area (Å²) in [6.45, 7) is 0. The van der Waals surface area contributed by atoms with Gasteiger partial charge in [-0.3, -0.25) is 4.79 Å². The molecule has 0 N–H and O–H groups in total. The van der Waals surface area contributed by atoms with Crippen molar-refractivity contribution in [3.8, 4) is 33.8 Å². The number of carbonyl (C=O) groups excluding carboxylic acids is 1. The monoisotopic (exact) mass is 456 g/mol. The first-order chi connectivity index (χ1) is 16.5. The van der Waals surface area contributed by atoms with Crippen molar-refractivity contribution < 1.29 is 23.0 Å². The standard InChI is InChI=1S/C29H22F2O3/c1-33-25-14-3-19(4-15-25)5-16-27(32)29-26(21-8-12-24(31)13-9-21)17-22(18-28(29)34-2)20-6-10-23(30)11-7-20/h3-18H,1-2H3. The summed E-state index contributed by atoms with van der Waals surface area (Å²) < 4.78 is 37.8. The van der Waals surface area contributed by atoms with Crippen LogP contribution in [0.5, 0.6) is 11.5 Å². The number of benzene rings is 4. The highest BCUT2D eigenvalue weighted by Gasteiger charge is 2.19. The Hall–Kier alpha value is -4.25. The van der Waals surface area contributed by atoms with Crippen LogP contribution in [0.2, 0.25) is 0 Å². The van der Waals surface area contributed by atoms with E-state index in [-0.39, 0.29) is 17.4 Å². The molecule has 5 heteroatoms. The Bertz CT molecular complexity index is 1320. The molecule has 170 valence electrons. The van der Waals surface area contributed by atoms with Crippen LogP contribution >= 0.6 is 0 Å². The van der Waals surface area contributed by atoms with Crippen molar-refractivity contribution in [2.24, 2.45) is 0 Å². The molecule has 0 radical (unpaired) electrons. The van der Waals surface area contributed by atoms with Gasteiger partial charge in [0.2, 0.25) is 0 Å². The molecule has 0 saturated heterocycles. The van der Waals surface area contributed by atoms with Gasteiger partial charge in [-0.05, 0) is 82.4 Å². The first-order valence-electron chi connectivity index (χ1n) is 10.6. The summed E-state index contributed by atoms with van der Waals surface area (Å²) in [6, 6.07) is 22.9. The molecule has 0 aliphatic heterocycles. The van der Waals surface area contributed by atoms with E-state index < -0.39 is 0 Å². The van der Waals surface area contributed by atoms with Gasteiger partial charge < -0.3 is 9.47 Å². The van der Waals surface area contributed by atoms with Gasteiger partial charge >= 0.3 is 0 Å². The van der Waals surface area contributed by atoms with E-state index in [9.17, 15) is 13.6 Å². The molecule has 0 amide bonds. The molecule has 34 heavy (non-hydrogen) atoms. The predicted molar refractivity (Wildman–Crippen MR) is 130 cm³/mol. The molecule has 0 aliphatic rings. The first-order valence-corrected chi connectivity index (χ1v) is 10.6. The second-order valence-corrected chi connectivity index (χ2v) is 7.59. The van der Waals surface area contributed by atoms with Gasteiger partial charge in [0.1, 0.15) is 23.1 Å². The van der Waals surface area contributed by atoms with Gasteiger partial charge in [0, 0.05) is 0 Å². The molecule has 0 unspecified atom stereocenters. The number of methoxy groups -OCH3 is 2. The third kappa shape index (κ3) is 5.04. The highest BCUT2D eigenvalue weighted by atomic mass is 19.1. The Morgan fingerprint density at radius 2 is 1.29 bits per heavy atom. The summed E-state index contributed by atoms with van der Waals surface area (Å²) >= 11 is 0. The highest BCUT2D eigenvalue weighted by Crippen LogP contribution is 2.37. The second kappa shape index (κ2) is 10.1. The van der Waals surface area contributed by atoms with Gasteiger partial charge in [0.25, 0.3) is 0 Å². The minimum atomic E-state index is -0.377. The maximum Gasteiger partial charge on any atom is 0.190 e. The SMILES string of the molecule is COc1ccc(C=CC(=O)c2c(OC)cc(-c3ccc(F)cc3)cc2-c2ccc(F)cc2)cc1. The molecular formula is C29H22F2O3. The van der Waals surface area contributed by atoms with Crippen molar-refractivity contribution in [2.45, 2.75) is 0 Å². The van der Waals surface area contributed by atoms with Crippen molar-refractivity contribution in [3.63, 3.8) is 0 Å². The van der Waals surface area contributed by atoms with Crippen LogP contribution < -0.4 is 9.47 Å². The maximum absolute atomic E-state index is 13.6. The van der Waals surface area contributed by atoms with Gasteiger partial charge in [-0.25, -0.2) is 8.78 Å². The summed E-state index contributed by atoms with van der Waals surface area (Å²) in [4.78, 5) is 13.4. The fraction of sp³-hybridized carbons (Fsp3) is 0.0690. The number of ether oxygens (including phenoxy) is 2. The molecule has 4 rings (SSSR count). The van der Waals surface area contributed by atoms with Crippen molar-refractivity contribution in [3.05, 3.63) is 114 Å². The lowest BCUT2D eigenvalue weighted by molar-refractivity contribution is 0.104. The van der Waals surface area contributed by atoms with E-state index >= 15 is 0 Å². The Balaban J connectivity index is 1.82. The van der Waals surface area contributed by atoms with Crippen molar-refractivity contribution in [1.82, 2.24) is 0 Å². The van der Waals surface area contributed by atoms with E-state index in [0.717, 1.165) is 22.4 Å². The van der Waals surface area contributed by atoms with Crippen molar-refractivity contribution in [1.29, 1.82) is 0 Å². The average Bonchev–Trinajstić information content (AvgIpc) is 2.87. The number of hydrogen-bond donors (Lipinski definition) is 0. The number of allylic oxidation sites excluding steroid dienone is 1. The average molecular weight is 456 g/mol. The van der Waals surface area contributed by atoms with Gasteiger partial charge in [-0.1, -0.05) is 42.5 Å². The van der Waals surface area contributed by atoms with Gasteiger partial charge in [-0.15, -0.1) is 0 Å². The fourth-order valence-electron chi connectivity index (χ4n) is 3.67. The number of hydrogen-bond acceptors (Lipinski definition) is 3. The smallest absolute Gasteiger partial charge is 0.190 e. The van der Waals surface area contributed by atoms with Crippen molar-refractivity contribution >= 4 is 11.9 Å². The Labute approximate surface area is 196 Å². The van der Waals surface area contributed by atoms with E-state index in [2.05, 4.69) is 0 Å². The lowest BCUT2D eigenvalue weighted by Gasteiger charge is -2.15. The topological polar surface area (TPSA) is 35.5 Å². The second-order valence-electron chi connectivity index (χ2n) is 7.59. The number of halogens is 2. The van der Waals surface area contributed by atoms with E-state index in [0.29, 0.717) is 22.4 Å². The molecule has 0 fully saturated rings. The predicted octanol–water partition coefficient (Wildman–Crippen LogP) is 7.21. The van der Waals surface area contributed by atoms with E-state index in [4.69, 9.17) is 9.47 Å². The fourth-order valence-corrected chi connectivity index (χ4v) is 3.67. The minimum absolute atomic E-state index is 0.266. The molecule has 0 atom stereocenters. The van der Waals surface area contributed by atoms with Crippen LogP contribution in [-0.2, 0) is 0 Å². The van der Waals surface area contributed by atoms with Gasteiger partial charge in [0.15, 0.2) is 5.78 Å². The van der Waals surface area contributed by atoms with Crippen molar-refractivity contribution in [2.75, 3.05) is 14.2 Å². The summed E-state index contributed by atoms with van der Waals surface area (Å²) in [5.41, 5.74) is 3.93. The molecular weight excluding hydrogens is 434 g/mol. The van der Waals surface area contributed by atoms with Crippen LogP contribution in [0.3, 0.4) is 0 Å². The molecule has 4 aromatic carbocycles. The molecule has 3 nitrogen and oxygen atoms in total. The zero-order valence-electron chi connectivity index (χ0n) is 18.7. The molecule has 4 aromatic rings. The van der Waals surface area contributed by atoms with Crippen LogP contribution in [-0.4, -0.2) is 20.0 Å². The lowest BCUT2D eigenvalue weighted by Crippen LogP contribution is -2.03.